The summed E-state index contributed by atoms with van der Waals surface area (Å²) in [7, 11) is 3.38. The first-order chi connectivity index (χ1) is 9.60. The molecule has 1 aromatic heterocycles. The Balaban J connectivity index is 1.89. The van der Waals surface area contributed by atoms with Crippen molar-refractivity contribution in [1.29, 1.82) is 0 Å². The molecule has 108 valence electrons. The summed E-state index contributed by atoms with van der Waals surface area (Å²) in [6, 6.07) is 7.08. The summed E-state index contributed by atoms with van der Waals surface area (Å²) in [6.07, 6.45) is 2.80. The largest absolute Gasteiger partial charge is 0.494 e. The van der Waals surface area contributed by atoms with Crippen LogP contribution < -0.4 is 10.1 Å². The van der Waals surface area contributed by atoms with Gasteiger partial charge in [-0.1, -0.05) is 6.07 Å². The van der Waals surface area contributed by atoms with Crippen LogP contribution in [0.1, 0.15) is 24.2 Å². The average Bonchev–Trinajstić information content (AvgIpc) is 2.85. The molecule has 2 aromatic rings. The third-order valence-electron chi connectivity index (χ3n) is 3.28. The lowest BCUT2D eigenvalue weighted by Gasteiger charge is -2.15. The molecule has 0 amide bonds. The summed E-state index contributed by atoms with van der Waals surface area (Å²) in [5.41, 5.74) is 2.06. The molecule has 0 saturated carbocycles. The lowest BCUT2D eigenvalue weighted by Crippen LogP contribution is -2.21. The Morgan fingerprint density at radius 3 is 2.85 bits per heavy atom. The quantitative estimate of drug-likeness (QED) is 0.881. The molecule has 1 atom stereocenters. The zero-order valence-corrected chi connectivity index (χ0v) is 12.1. The van der Waals surface area contributed by atoms with Gasteiger partial charge in [0.1, 0.15) is 0 Å². The number of nitrogens with zero attached hydrogens (tertiary/aromatic N) is 2. The van der Waals surface area contributed by atoms with Crippen LogP contribution in [0.3, 0.4) is 0 Å². The van der Waals surface area contributed by atoms with E-state index in [0.29, 0.717) is 0 Å². The van der Waals surface area contributed by atoms with Crippen molar-refractivity contribution in [2.24, 2.45) is 7.05 Å². The molecule has 0 aliphatic heterocycles. The highest BCUT2D eigenvalue weighted by atomic mass is 19.1. The highest BCUT2D eigenvalue weighted by molar-refractivity contribution is 5.31. The van der Waals surface area contributed by atoms with Crippen LogP contribution in [-0.4, -0.2) is 23.4 Å². The zero-order valence-electron chi connectivity index (χ0n) is 12.1. The van der Waals surface area contributed by atoms with Crippen LogP contribution >= 0.6 is 0 Å². The number of nitrogens with one attached hydrogen (secondary N) is 1. The van der Waals surface area contributed by atoms with Crippen LogP contribution in [0.2, 0.25) is 0 Å². The molecule has 4 nitrogen and oxygen atoms in total. The van der Waals surface area contributed by atoms with Crippen molar-refractivity contribution < 1.29 is 9.13 Å². The highest BCUT2D eigenvalue weighted by Gasteiger charge is 2.09. The van der Waals surface area contributed by atoms with Gasteiger partial charge >= 0.3 is 0 Å². The van der Waals surface area contributed by atoms with Crippen LogP contribution in [-0.2, 0) is 13.5 Å². The number of halogens is 1. The Morgan fingerprint density at radius 1 is 1.40 bits per heavy atom. The molecule has 0 saturated heterocycles. The van der Waals surface area contributed by atoms with Gasteiger partial charge in [-0.3, -0.25) is 4.68 Å². The van der Waals surface area contributed by atoms with Gasteiger partial charge in [-0.15, -0.1) is 0 Å². The number of hydrogen-bond donors (Lipinski definition) is 1. The Labute approximate surface area is 118 Å². The van der Waals surface area contributed by atoms with Crippen molar-refractivity contribution in [3.8, 4) is 5.75 Å². The van der Waals surface area contributed by atoms with Crippen molar-refractivity contribution in [3.63, 3.8) is 0 Å². The van der Waals surface area contributed by atoms with E-state index in [9.17, 15) is 4.39 Å². The molecule has 0 spiro atoms. The van der Waals surface area contributed by atoms with Crippen LogP contribution in [0.5, 0.6) is 5.75 Å². The molecule has 0 radical (unpaired) electrons. The van der Waals surface area contributed by atoms with Gasteiger partial charge in [0.25, 0.3) is 0 Å². The predicted octanol–water partition coefficient (Wildman–Crippen LogP) is 2.46. The van der Waals surface area contributed by atoms with E-state index in [1.807, 2.05) is 26.2 Å². The topological polar surface area (TPSA) is 39.1 Å². The van der Waals surface area contributed by atoms with Crippen molar-refractivity contribution in [1.82, 2.24) is 15.1 Å². The smallest absolute Gasteiger partial charge is 0.165 e. The Bertz CT molecular complexity index is 568. The van der Waals surface area contributed by atoms with Crippen LogP contribution in [0.25, 0.3) is 0 Å². The number of methoxy groups -OCH3 is 1. The van der Waals surface area contributed by atoms with E-state index in [1.165, 1.54) is 13.2 Å². The monoisotopic (exact) mass is 277 g/mol. The number of aryl methyl sites for hydroxylation is 1. The van der Waals surface area contributed by atoms with Crippen molar-refractivity contribution >= 4 is 0 Å². The third kappa shape index (κ3) is 3.57. The standard InChI is InChI=1S/C15H20FN3O/c1-11(12-4-5-14(16)15(10-12)20-3)17-8-6-13-7-9-19(2)18-13/h4-5,7,9-11,17H,6,8H2,1-3H3. The zero-order chi connectivity index (χ0) is 14.5. The average molecular weight is 277 g/mol. The molecule has 20 heavy (non-hydrogen) atoms. The van der Waals surface area contributed by atoms with Crippen molar-refractivity contribution in [3.05, 3.63) is 47.5 Å². The first kappa shape index (κ1) is 14.5. The summed E-state index contributed by atoms with van der Waals surface area (Å²) >= 11 is 0. The molecule has 1 N–H and O–H groups in total. The van der Waals surface area contributed by atoms with E-state index < -0.39 is 0 Å². The molecular weight excluding hydrogens is 257 g/mol. The molecule has 1 unspecified atom stereocenters. The number of rotatable bonds is 6. The maximum absolute atomic E-state index is 13.4. The molecule has 0 aliphatic rings. The number of ether oxygens (including phenoxy) is 1. The molecule has 2 rings (SSSR count). The Hall–Kier alpha value is -1.88. The summed E-state index contributed by atoms with van der Waals surface area (Å²) in [6.45, 7) is 2.86. The molecule has 0 bridgehead atoms. The van der Waals surface area contributed by atoms with Crippen LogP contribution in [0, 0.1) is 5.82 Å². The lowest BCUT2D eigenvalue weighted by atomic mass is 10.1. The van der Waals surface area contributed by atoms with E-state index in [2.05, 4.69) is 10.4 Å². The summed E-state index contributed by atoms with van der Waals surface area (Å²) in [4.78, 5) is 0. The maximum Gasteiger partial charge on any atom is 0.165 e. The summed E-state index contributed by atoms with van der Waals surface area (Å²) < 4.78 is 20.1. The fraction of sp³-hybridized carbons (Fsp3) is 0.400. The first-order valence-electron chi connectivity index (χ1n) is 6.65. The maximum atomic E-state index is 13.4. The molecule has 1 heterocycles. The normalized spacial score (nSPS) is 12.4. The number of benzene rings is 1. The molecular formula is C15H20FN3O. The minimum Gasteiger partial charge on any atom is -0.494 e. The van der Waals surface area contributed by atoms with Crippen LogP contribution in [0.15, 0.2) is 30.5 Å². The second-order valence-electron chi connectivity index (χ2n) is 4.80. The van der Waals surface area contributed by atoms with Gasteiger partial charge in [0, 0.05) is 32.3 Å². The SMILES string of the molecule is COc1cc(C(C)NCCc2ccn(C)n2)ccc1F. The molecule has 0 aliphatic carbocycles. The van der Waals surface area contributed by atoms with Gasteiger partial charge in [0.15, 0.2) is 11.6 Å². The third-order valence-corrected chi connectivity index (χ3v) is 3.28. The summed E-state index contributed by atoms with van der Waals surface area (Å²) in [5, 5.41) is 7.73. The lowest BCUT2D eigenvalue weighted by molar-refractivity contribution is 0.385. The van der Waals surface area contributed by atoms with Gasteiger partial charge in [-0.05, 0) is 30.7 Å². The molecule has 0 fully saturated rings. The number of aromatic nitrogens is 2. The number of hydrogen-bond acceptors (Lipinski definition) is 3. The van der Waals surface area contributed by atoms with Gasteiger partial charge in [0.2, 0.25) is 0 Å². The predicted molar refractivity (Wildman–Crippen MR) is 76.3 cm³/mol. The van der Waals surface area contributed by atoms with E-state index in [4.69, 9.17) is 4.74 Å². The van der Waals surface area contributed by atoms with Crippen LogP contribution in [0.4, 0.5) is 4.39 Å². The van der Waals surface area contributed by atoms with E-state index in [0.717, 1.165) is 24.2 Å². The van der Waals surface area contributed by atoms with E-state index in [1.54, 1.807) is 16.8 Å². The van der Waals surface area contributed by atoms with Gasteiger partial charge < -0.3 is 10.1 Å². The van der Waals surface area contributed by atoms with Gasteiger partial charge in [-0.2, -0.15) is 5.10 Å². The second-order valence-corrected chi connectivity index (χ2v) is 4.80. The fourth-order valence-corrected chi connectivity index (χ4v) is 2.08. The van der Waals surface area contributed by atoms with Gasteiger partial charge in [0.05, 0.1) is 12.8 Å². The van der Waals surface area contributed by atoms with E-state index >= 15 is 0 Å². The van der Waals surface area contributed by atoms with E-state index in [-0.39, 0.29) is 17.6 Å². The first-order valence-corrected chi connectivity index (χ1v) is 6.65. The second kappa shape index (κ2) is 6.52. The highest BCUT2D eigenvalue weighted by Crippen LogP contribution is 2.22. The summed E-state index contributed by atoms with van der Waals surface area (Å²) in [5.74, 6) is -0.0576. The fourth-order valence-electron chi connectivity index (χ4n) is 2.08. The van der Waals surface area contributed by atoms with Crippen molar-refractivity contribution in [2.45, 2.75) is 19.4 Å². The Morgan fingerprint density at radius 2 is 2.20 bits per heavy atom. The Kier molecular flexibility index (Phi) is 4.74. The minimum atomic E-state index is -0.336. The van der Waals surface area contributed by atoms with Crippen molar-refractivity contribution in [2.75, 3.05) is 13.7 Å². The molecule has 5 heteroatoms. The molecule has 1 aromatic carbocycles. The minimum absolute atomic E-state index is 0.133. The van der Waals surface area contributed by atoms with Gasteiger partial charge in [-0.25, -0.2) is 4.39 Å².